The van der Waals surface area contributed by atoms with E-state index in [9.17, 15) is 43.2 Å². The molecule has 0 saturated heterocycles. The van der Waals surface area contributed by atoms with Gasteiger partial charge in [0, 0.05) is 104 Å². The summed E-state index contributed by atoms with van der Waals surface area (Å²) < 4.78 is 18.3. The van der Waals surface area contributed by atoms with Crippen LogP contribution in [0, 0.1) is 21.7 Å². The molecule has 0 aromatic heterocycles. The van der Waals surface area contributed by atoms with Crippen molar-refractivity contribution in [2.45, 2.75) is 262 Å². The number of Topliss-reactive ketones (excluding diaryl/α,β-unsaturated/α-hetero) is 1. The van der Waals surface area contributed by atoms with E-state index < -0.39 is 11.4 Å². The van der Waals surface area contributed by atoms with Gasteiger partial charge in [-0.2, -0.15) is 0 Å². The molecule has 0 atom stereocenters. The predicted molar refractivity (Wildman–Crippen MR) is 351 cm³/mol. The Hall–Kier alpha value is -4.95. The Morgan fingerprint density at radius 1 is 0.307 bits per heavy atom. The maximum absolute atomic E-state index is 13.8. The maximum atomic E-state index is 13.8. The van der Waals surface area contributed by atoms with Gasteiger partial charge in [-0.3, -0.25) is 43.2 Å². The number of hydrogen-bond acceptors (Lipinski definition) is 12. The SMILES string of the molecule is CC(C)(C)/C=C/C(=O)NCCCCCCNC(=O)CCCC(=O)NC(COCCC(=O)NCCCCC(=O)CCCCC(C)(C)C)(COCCC(=O)NCCCNC(=O)CCCCC(C)(C)C)COCCC(=O)NCCCNC(=O)CCCCC(C)(C)C. The van der Waals surface area contributed by atoms with Crippen molar-refractivity contribution < 1.29 is 57.4 Å². The van der Waals surface area contributed by atoms with Crippen LogP contribution in [0.4, 0.5) is 0 Å². The fraction of sp³-hybridized carbons (Fsp3) is 0.838. The van der Waals surface area contributed by atoms with E-state index in [0.29, 0.717) is 97.2 Å². The third-order valence-electron chi connectivity index (χ3n) is 14.2. The highest BCUT2D eigenvalue weighted by atomic mass is 16.5. The average molecular weight is 1250 g/mol. The van der Waals surface area contributed by atoms with Crippen LogP contribution in [-0.2, 0) is 57.4 Å². The van der Waals surface area contributed by atoms with E-state index in [1.807, 2.05) is 26.8 Å². The summed E-state index contributed by atoms with van der Waals surface area (Å²) in [6.45, 7) is 28.3. The van der Waals surface area contributed by atoms with Crippen molar-refractivity contribution in [2.75, 3.05) is 85.5 Å². The van der Waals surface area contributed by atoms with Crippen LogP contribution in [0.25, 0.3) is 0 Å². The number of nitrogens with one attached hydrogen (secondary N) is 8. The quantitative estimate of drug-likeness (QED) is 0.0209. The molecule has 0 aromatic rings. The van der Waals surface area contributed by atoms with Crippen LogP contribution in [0.1, 0.15) is 256 Å². The second-order valence-corrected chi connectivity index (χ2v) is 28.6. The molecule has 0 unspecified atom stereocenters. The second kappa shape index (κ2) is 48.8. The molecule has 8 amide bonds. The minimum Gasteiger partial charge on any atom is -0.378 e. The Labute approximate surface area is 532 Å². The molecule has 0 aliphatic heterocycles. The standard InChI is InChI=1S/C68H126N8O12/c1-64(2,3)38-19-15-28-55(77)29-18-24-44-71-60(82)35-49-86-52-68(53-87-50-36-61(83)74-47-26-45-72-56(78)30-16-20-39-65(4,5)6,54-88-51-37-62(84)75-48-27-46-73-57(79)31-17-21-40-66(7,8)9)76-63(85)33-25-32-58(80)69-42-22-13-14-23-43-70-59(81)34-41-67(10,11)12/h34,41H,13-33,35-40,42-54H2,1-12H3,(H,69,80)(H,70,81)(H,71,82)(H,72,78)(H,73,79)(H,74,83)(H,75,84)(H,76,85)/b41-34+. The Bertz CT molecular complexity index is 1850. The minimum absolute atomic E-state index is 0.00193. The van der Waals surface area contributed by atoms with Gasteiger partial charge in [0.2, 0.25) is 47.3 Å². The highest BCUT2D eigenvalue weighted by Crippen LogP contribution is 2.24. The van der Waals surface area contributed by atoms with Crippen molar-refractivity contribution in [3.63, 3.8) is 0 Å². The van der Waals surface area contributed by atoms with Gasteiger partial charge in [0.15, 0.2) is 0 Å². The normalized spacial score (nSPS) is 12.1. The Morgan fingerprint density at radius 3 is 0.966 bits per heavy atom. The molecule has 0 radical (unpaired) electrons. The molecular formula is C68H126N8O12. The number of carbonyl (C=O) groups excluding carboxylic acids is 9. The molecule has 0 aliphatic rings. The van der Waals surface area contributed by atoms with E-state index in [4.69, 9.17) is 14.2 Å². The summed E-state index contributed by atoms with van der Waals surface area (Å²) in [4.78, 5) is 114. The average Bonchev–Trinajstić information content (AvgIpc) is 3.64. The minimum atomic E-state index is -1.34. The lowest BCUT2D eigenvalue weighted by atomic mass is 9.89. The molecule has 0 bridgehead atoms. The summed E-state index contributed by atoms with van der Waals surface area (Å²) in [6.07, 6.45) is 20.3. The molecule has 0 spiro atoms. The zero-order valence-corrected chi connectivity index (χ0v) is 57.3. The molecule has 20 heteroatoms. The molecule has 88 heavy (non-hydrogen) atoms. The van der Waals surface area contributed by atoms with Crippen molar-refractivity contribution in [1.29, 1.82) is 0 Å². The lowest BCUT2D eigenvalue weighted by Crippen LogP contribution is -2.58. The van der Waals surface area contributed by atoms with Gasteiger partial charge in [-0.25, -0.2) is 0 Å². The summed E-state index contributed by atoms with van der Waals surface area (Å²) in [5, 5.41) is 23.3. The number of ketones is 1. The topological polar surface area (TPSA) is 278 Å². The van der Waals surface area contributed by atoms with E-state index in [1.54, 1.807) is 6.08 Å². The molecule has 20 nitrogen and oxygen atoms in total. The van der Waals surface area contributed by atoms with Crippen LogP contribution in [0.3, 0.4) is 0 Å². The third kappa shape index (κ3) is 57.5. The highest BCUT2D eigenvalue weighted by Gasteiger charge is 2.34. The number of unbranched alkanes of at least 4 members (excludes halogenated alkanes) is 7. The maximum Gasteiger partial charge on any atom is 0.243 e. The summed E-state index contributed by atoms with van der Waals surface area (Å²) in [5.41, 5.74) is -0.702. The van der Waals surface area contributed by atoms with Gasteiger partial charge in [-0.15, -0.1) is 0 Å². The first kappa shape index (κ1) is 83.1. The lowest BCUT2D eigenvalue weighted by Gasteiger charge is -2.34. The van der Waals surface area contributed by atoms with Gasteiger partial charge >= 0.3 is 0 Å². The predicted octanol–water partition coefficient (Wildman–Crippen LogP) is 9.55. The van der Waals surface area contributed by atoms with Gasteiger partial charge in [0.25, 0.3) is 0 Å². The summed E-state index contributed by atoms with van der Waals surface area (Å²) in [6, 6.07) is 0. The number of amides is 8. The third-order valence-corrected chi connectivity index (χ3v) is 14.2. The first-order valence-electron chi connectivity index (χ1n) is 33.5. The smallest absolute Gasteiger partial charge is 0.243 e. The van der Waals surface area contributed by atoms with Crippen molar-refractivity contribution in [3.8, 4) is 0 Å². The molecule has 0 aromatic carbocycles. The van der Waals surface area contributed by atoms with Crippen LogP contribution >= 0.6 is 0 Å². The van der Waals surface area contributed by atoms with Crippen LogP contribution in [0.2, 0.25) is 0 Å². The van der Waals surface area contributed by atoms with Gasteiger partial charge in [0.1, 0.15) is 11.3 Å². The van der Waals surface area contributed by atoms with Gasteiger partial charge < -0.3 is 56.7 Å². The van der Waals surface area contributed by atoms with E-state index in [1.165, 1.54) is 0 Å². The van der Waals surface area contributed by atoms with Crippen molar-refractivity contribution in [2.24, 2.45) is 21.7 Å². The zero-order chi connectivity index (χ0) is 66.2. The summed E-state index contributed by atoms with van der Waals surface area (Å²) in [7, 11) is 0. The molecule has 0 heterocycles. The Morgan fingerprint density at radius 2 is 0.602 bits per heavy atom. The lowest BCUT2D eigenvalue weighted by molar-refractivity contribution is -0.131. The van der Waals surface area contributed by atoms with Crippen molar-refractivity contribution in [3.05, 3.63) is 12.2 Å². The molecule has 0 rings (SSSR count). The number of hydrogen-bond donors (Lipinski definition) is 8. The molecule has 8 N–H and O–H groups in total. The van der Waals surface area contributed by atoms with Crippen molar-refractivity contribution >= 4 is 53.0 Å². The monoisotopic (exact) mass is 1250 g/mol. The van der Waals surface area contributed by atoms with E-state index in [2.05, 4.69) is 105 Å². The Balaban J connectivity index is 5.73. The number of allylic oxidation sites excluding steroid dienone is 1. The van der Waals surface area contributed by atoms with Gasteiger partial charge in [-0.05, 0) is 111 Å². The van der Waals surface area contributed by atoms with Crippen molar-refractivity contribution in [1.82, 2.24) is 42.5 Å². The first-order chi connectivity index (χ1) is 41.4. The first-order valence-corrected chi connectivity index (χ1v) is 33.5. The fourth-order valence-electron chi connectivity index (χ4n) is 9.00. The van der Waals surface area contributed by atoms with Crippen LogP contribution < -0.4 is 42.5 Å². The number of carbonyl (C=O) groups is 9. The molecule has 510 valence electrons. The van der Waals surface area contributed by atoms with E-state index in [0.717, 1.165) is 83.5 Å². The molecular weight excluding hydrogens is 1120 g/mol. The number of ether oxygens (including phenoxy) is 3. The molecule has 0 aliphatic carbocycles. The summed E-state index contributed by atoms with van der Waals surface area (Å²) in [5.74, 6) is -1.23. The van der Waals surface area contributed by atoms with Gasteiger partial charge in [-0.1, -0.05) is 121 Å². The van der Waals surface area contributed by atoms with E-state index >= 15 is 0 Å². The van der Waals surface area contributed by atoms with E-state index in [-0.39, 0.29) is 147 Å². The molecule has 0 saturated carbocycles. The van der Waals surface area contributed by atoms with Crippen LogP contribution in [0.15, 0.2) is 12.2 Å². The zero-order valence-electron chi connectivity index (χ0n) is 57.3. The molecule has 0 fully saturated rings. The Kier molecular flexibility index (Phi) is 46.1. The van der Waals surface area contributed by atoms with Gasteiger partial charge in [0.05, 0.1) is 39.6 Å². The highest BCUT2D eigenvalue weighted by molar-refractivity contribution is 5.87. The van der Waals surface area contributed by atoms with Crippen LogP contribution in [0.5, 0.6) is 0 Å². The van der Waals surface area contributed by atoms with Crippen LogP contribution in [-0.4, -0.2) is 144 Å². The second-order valence-electron chi connectivity index (χ2n) is 28.6. The summed E-state index contributed by atoms with van der Waals surface area (Å²) >= 11 is 0. The largest absolute Gasteiger partial charge is 0.378 e. The number of rotatable bonds is 53. The fourth-order valence-corrected chi connectivity index (χ4v) is 9.00.